The van der Waals surface area contributed by atoms with Gasteiger partial charge in [-0.1, -0.05) is 12.1 Å². The fourth-order valence-corrected chi connectivity index (χ4v) is 1.36. The molecule has 0 radical (unpaired) electrons. The van der Waals surface area contributed by atoms with Gasteiger partial charge in [0.2, 0.25) is 0 Å². The minimum absolute atomic E-state index is 0.0151. The predicted octanol–water partition coefficient (Wildman–Crippen LogP) is 2.33. The van der Waals surface area contributed by atoms with Gasteiger partial charge in [0.25, 0.3) is 0 Å². The third-order valence-electron chi connectivity index (χ3n) is 2.10. The van der Waals surface area contributed by atoms with E-state index in [4.69, 9.17) is 5.26 Å². The van der Waals surface area contributed by atoms with Crippen molar-refractivity contribution >= 4 is 0 Å². The Kier molecular flexibility index (Phi) is 2.34. The fourth-order valence-electron chi connectivity index (χ4n) is 1.36. The Morgan fingerprint density at radius 1 is 1.13 bits per heavy atom. The molecule has 0 fully saturated rings. The maximum absolute atomic E-state index is 9.78. The minimum Gasteiger partial charge on any atom is -0.506 e. The highest BCUT2D eigenvalue weighted by Gasteiger charge is 2.08. The summed E-state index contributed by atoms with van der Waals surface area (Å²) in [5.41, 5.74) is 1.50. The van der Waals surface area contributed by atoms with Crippen LogP contribution in [-0.4, -0.2) is 10.1 Å². The molecule has 1 aromatic carbocycles. The minimum atomic E-state index is -0.0151. The van der Waals surface area contributed by atoms with E-state index in [0.29, 0.717) is 11.3 Å². The van der Waals surface area contributed by atoms with Crippen LogP contribution in [0.1, 0.15) is 5.56 Å². The number of nitrogens with zero attached hydrogens (tertiary/aromatic N) is 2. The number of aromatic nitrogens is 1. The number of phenolic OH excluding ortho intramolecular Hbond substituents is 1. The van der Waals surface area contributed by atoms with Crippen LogP contribution in [0.15, 0.2) is 42.6 Å². The Morgan fingerprint density at radius 3 is 2.67 bits per heavy atom. The smallest absolute Gasteiger partial charge is 0.142 e. The monoisotopic (exact) mass is 196 g/mol. The molecule has 15 heavy (non-hydrogen) atoms. The Balaban J connectivity index is 2.61. The van der Waals surface area contributed by atoms with Crippen molar-refractivity contribution in [3.05, 3.63) is 48.2 Å². The van der Waals surface area contributed by atoms with Crippen molar-refractivity contribution in [3.8, 4) is 23.1 Å². The van der Waals surface area contributed by atoms with E-state index in [-0.39, 0.29) is 11.3 Å². The zero-order valence-corrected chi connectivity index (χ0v) is 7.88. The highest BCUT2D eigenvalue weighted by molar-refractivity contribution is 5.70. The standard InChI is InChI=1S/C12H8N2O/c13-8-9-4-3-5-10(12(9)15)11-6-1-2-7-14-11/h1-7,15H. The van der Waals surface area contributed by atoms with Gasteiger partial charge in [0.05, 0.1) is 11.3 Å². The molecule has 0 spiro atoms. The van der Waals surface area contributed by atoms with Gasteiger partial charge >= 0.3 is 0 Å². The molecule has 0 unspecified atom stereocenters. The zero-order chi connectivity index (χ0) is 10.7. The lowest BCUT2D eigenvalue weighted by atomic mass is 10.1. The maximum Gasteiger partial charge on any atom is 0.142 e. The quantitative estimate of drug-likeness (QED) is 0.761. The lowest BCUT2D eigenvalue weighted by molar-refractivity contribution is 0.475. The summed E-state index contributed by atoms with van der Waals surface area (Å²) in [6.07, 6.45) is 1.65. The summed E-state index contributed by atoms with van der Waals surface area (Å²) in [5, 5.41) is 18.5. The Bertz CT molecular complexity index is 515. The lowest BCUT2D eigenvalue weighted by Gasteiger charge is -2.04. The number of pyridine rings is 1. The van der Waals surface area contributed by atoms with Crippen molar-refractivity contribution in [1.82, 2.24) is 4.98 Å². The van der Waals surface area contributed by atoms with E-state index in [2.05, 4.69) is 4.98 Å². The van der Waals surface area contributed by atoms with Crippen molar-refractivity contribution in [2.75, 3.05) is 0 Å². The summed E-state index contributed by atoms with van der Waals surface area (Å²) in [6.45, 7) is 0. The molecule has 3 nitrogen and oxygen atoms in total. The lowest BCUT2D eigenvalue weighted by Crippen LogP contribution is -1.85. The van der Waals surface area contributed by atoms with Gasteiger partial charge in [-0.25, -0.2) is 0 Å². The second kappa shape index (κ2) is 3.81. The van der Waals surface area contributed by atoms with Gasteiger partial charge in [-0.15, -0.1) is 0 Å². The predicted molar refractivity (Wildman–Crippen MR) is 56.1 cm³/mol. The van der Waals surface area contributed by atoms with Gasteiger partial charge in [-0.2, -0.15) is 5.26 Å². The zero-order valence-electron chi connectivity index (χ0n) is 7.88. The van der Waals surface area contributed by atoms with Crippen molar-refractivity contribution in [2.45, 2.75) is 0 Å². The SMILES string of the molecule is N#Cc1cccc(-c2ccccn2)c1O. The second-order valence-electron chi connectivity index (χ2n) is 3.03. The van der Waals surface area contributed by atoms with Gasteiger partial charge in [0.15, 0.2) is 0 Å². The number of hydrogen-bond acceptors (Lipinski definition) is 3. The summed E-state index contributed by atoms with van der Waals surface area (Å²) >= 11 is 0. The molecular weight excluding hydrogens is 188 g/mol. The topological polar surface area (TPSA) is 56.9 Å². The second-order valence-corrected chi connectivity index (χ2v) is 3.03. The average molecular weight is 196 g/mol. The van der Waals surface area contributed by atoms with E-state index >= 15 is 0 Å². The van der Waals surface area contributed by atoms with Gasteiger partial charge in [-0.3, -0.25) is 4.98 Å². The van der Waals surface area contributed by atoms with E-state index in [9.17, 15) is 5.11 Å². The van der Waals surface area contributed by atoms with Crippen LogP contribution in [-0.2, 0) is 0 Å². The molecule has 1 aromatic heterocycles. The van der Waals surface area contributed by atoms with Crippen molar-refractivity contribution in [1.29, 1.82) is 5.26 Å². The Morgan fingerprint density at radius 2 is 2.00 bits per heavy atom. The number of nitriles is 1. The first-order valence-electron chi connectivity index (χ1n) is 4.46. The normalized spacial score (nSPS) is 9.53. The van der Waals surface area contributed by atoms with E-state index < -0.39 is 0 Å². The highest BCUT2D eigenvalue weighted by Crippen LogP contribution is 2.29. The van der Waals surface area contributed by atoms with Crippen LogP contribution < -0.4 is 0 Å². The summed E-state index contributed by atoms with van der Waals surface area (Å²) < 4.78 is 0. The van der Waals surface area contributed by atoms with Crippen LogP contribution >= 0.6 is 0 Å². The van der Waals surface area contributed by atoms with Gasteiger partial charge in [0.1, 0.15) is 11.8 Å². The molecule has 0 aliphatic heterocycles. The van der Waals surface area contributed by atoms with E-state index in [0.717, 1.165) is 0 Å². The van der Waals surface area contributed by atoms with Crippen LogP contribution in [0.5, 0.6) is 5.75 Å². The Hall–Kier alpha value is -2.34. The first-order valence-corrected chi connectivity index (χ1v) is 4.46. The van der Waals surface area contributed by atoms with Crippen LogP contribution in [0.4, 0.5) is 0 Å². The summed E-state index contributed by atoms with van der Waals surface area (Å²) in [7, 11) is 0. The summed E-state index contributed by atoms with van der Waals surface area (Å²) in [5.74, 6) is -0.0151. The van der Waals surface area contributed by atoms with Crippen molar-refractivity contribution < 1.29 is 5.11 Å². The molecule has 0 bridgehead atoms. The summed E-state index contributed by atoms with van der Waals surface area (Å²) in [6, 6.07) is 12.4. The van der Waals surface area contributed by atoms with E-state index in [1.165, 1.54) is 0 Å². The van der Waals surface area contributed by atoms with Crippen LogP contribution in [0.2, 0.25) is 0 Å². The van der Waals surface area contributed by atoms with E-state index in [1.807, 2.05) is 12.1 Å². The van der Waals surface area contributed by atoms with Crippen molar-refractivity contribution in [3.63, 3.8) is 0 Å². The Labute approximate surface area is 87.3 Å². The molecule has 72 valence electrons. The van der Waals surface area contributed by atoms with Crippen LogP contribution in [0.3, 0.4) is 0 Å². The first kappa shape index (κ1) is 9.22. The number of rotatable bonds is 1. The maximum atomic E-state index is 9.78. The number of benzene rings is 1. The molecule has 2 rings (SSSR count). The van der Waals surface area contributed by atoms with Crippen molar-refractivity contribution in [2.24, 2.45) is 0 Å². The molecule has 1 heterocycles. The number of hydrogen-bond donors (Lipinski definition) is 1. The average Bonchev–Trinajstić information content (AvgIpc) is 2.30. The van der Waals surface area contributed by atoms with Gasteiger partial charge < -0.3 is 5.11 Å². The largest absolute Gasteiger partial charge is 0.506 e. The number of para-hydroxylation sites is 1. The molecule has 0 amide bonds. The fraction of sp³-hybridized carbons (Fsp3) is 0. The summed E-state index contributed by atoms with van der Waals surface area (Å²) in [4.78, 5) is 4.12. The molecular formula is C12H8N2O. The van der Waals surface area contributed by atoms with Crippen LogP contribution in [0.25, 0.3) is 11.3 Å². The highest BCUT2D eigenvalue weighted by atomic mass is 16.3. The number of aromatic hydroxyl groups is 1. The number of phenols is 1. The van der Waals surface area contributed by atoms with Gasteiger partial charge in [0, 0.05) is 11.8 Å². The molecule has 0 atom stereocenters. The molecule has 0 aliphatic rings. The third kappa shape index (κ3) is 1.65. The molecule has 3 heteroatoms. The molecule has 2 aromatic rings. The van der Waals surface area contributed by atoms with E-state index in [1.54, 1.807) is 36.5 Å². The first-order chi connectivity index (χ1) is 7.33. The molecule has 1 N–H and O–H groups in total. The van der Waals surface area contributed by atoms with Crippen LogP contribution in [0, 0.1) is 11.3 Å². The third-order valence-corrected chi connectivity index (χ3v) is 2.10. The van der Waals surface area contributed by atoms with Gasteiger partial charge in [-0.05, 0) is 24.3 Å². The molecule has 0 saturated heterocycles. The molecule has 0 aliphatic carbocycles. The molecule has 0 saturated carbocycles.